The lowest BCUT2D eigenvalue weighted by molar-refractivity contribution is 0.0341. The third-order valence-electron chi connectivity index (χ3n) is 3.68. The molecule has 126 valence electrons. The topological polar surface area (TPSA) is 44.8 Å². The number of carbonyl (C=O) groups is 1. The Hall–Kier alpha value is -1.76. The lowest BCUT2D eigenvalue weighted by atomic mass is 10.0. The number of halogens is 1. The summed E-state index contributed by atoms with van der Waals surface area (Å²) < 4.78 is 19.4. The van der Waals surface area contributed by atoms with E-state index in [9.17, 15) is 9.18 Å². The molecule has 1 aliphatic heterocycles. The molecule has 1 N–H and O–H groups in total. The zero-order chi connectivity index (χ0) is 16.8. The maximum Gasteiger partial charge on any atom is 0.193 e. The molecule has 0 spiro atoms. The van der Waals surface area contributed by atoms with Crippen LogP contribution in [0.2, 0.25) is 0 Å². The highest BCUT2D eigenvalue weighted by Gasteiger charge is 2.16. The number of ether oxygens (including phenoxy) is 1. The number of Topliss-reactive ketones (excluding diaryl/α,β-unsaturated/α-hetero) is 1. The van der Waals surface area contributed by atoms with Gasteiger partial charge in [-0.3, -0.25) is 9.69 Å². The van der Waals surface area contributed by atoms with E-state index in [0.717, 1.165) is 18.7 Å². The Balaban J connectivity index is 2.12. The molecule has 2 rings (SSSR count). The minimum absolute atomic E-state index is 0.116. The molecule has 6 heteroatoms. The van der Waals surface area contributed by atoms with Gasteiger partial charge in [0.1, 0.15) is 5.82 Å². The predicted molar refractivity (Wildman–Crippen MR) is 87.4 cm³/mol. The van der Waals surface area contributed by atoms with Crippen molar-refractivity contribution in [1.29, 1.82) is 0 Å². The Morgan fingerprint density at radius 2 is 2.09 bits per heavy atom. The SMILES string of the molecule is C/C(=C\NN(C)C)C(=O)c1cc(CN2CCOCC2)ccc1F. The maximum absolute atomic E-state index is 14.0. The number of nitrogens with zero attached hydrogens (tertiary/aromatic N) is 2. The van der Waals surface area contributed by atoms with E-state index in [0.29, 0.717) is 25.3 Å². The molecule has 1 heterocycles. The molecule has 0 unspecified atom stereocenters. The molecule has 0 amide bonds. The third kappa shape index (κ3) is 5.13. The van der Waals surface area contributed by atoms with E-state index in [1.807, 2.05) is 14.1 Å². The van der Waals surface area contributed by atoms with E-state index in [-0.39, 0.29) is 11.3 Å². The summed E-state index contributed by atoms with van der Waals surface area (Å²) in [5.41, 5.74) is 4.41. The van der Waals surface area contributed by atoms with E-state index >= 15 is 0 Å². The molecule has 0 aromatic heterocycles. The Morgan fingerprint density at radius 3 is 2.74 bits per heavy atom. The van der Waals surface area contributed by atoms with Gasteiger partial charge in [0.25, 0.3) is 0 Å². The van der Waals surface area contributed by atoms with Gasteiger partial charge in [0.05, 0.1) is 18.8 Å². The molecule has 23 heavy (non-hydrogen) atoms. The van der Waals surface area contributed by atoms with Crippen molar-refractivity contribution in [3.8, 4) is 0 Å². The summed E-state index contributed by atoms with van der Waals surface area (Å²) in [6.07, 6.45) is 1.58. The van der Waals surface area contributed by atoms with Crippen LogP contribution >= 0.6 is 0 Å². The van der Waals surface area contributed by atoms with Crippen LogP contribution in [0.15, 0.2) is 30.0 Å². The highest BCUT2D eigenvalue weighted by molar-refractivity contribution is 6.08. The quantitative estimate of drug-likeness (QED) is 0.492. The van der Waals surface area contributed by atoms with Gasteiger partial charge in [-0.1, -0.05) is 6.07 Å². The zero-order valence-electron chi connectivity index (χ0n) is 13.9. The maximum atomic E-state index is 14.0. The Labute approximate surface area is 136 Å². The highest BCUT2D eigenvalue weighted by Crippen LogP contribution is 2.17. The second-order valence-corrected chi connectivity index (χ2v) is 5.88. The van der Waals surface area contributed by atoms with E-state index in [1.54, 1.807) is 30.3 Å². The number of hydrazine groups is 1. The second-order valence-electron chi connectivity index (χ2n) is 5.88. The summed E-state index contributed by atoms with van der Waals surface area (Å²) in [6.45, 7) is 5.50. The van der Waals surface area contributed by atoms with Gasteiger partial charge >= 0.3 is 0 Å². The van der Waals surface area contributed by atoms with Gasteiger partial charge in [0.2, 0.25) is 0 Å². The van der Waals surface area contributed by atoms with E-state index in [1.165, 1.54) is 6.07 Å². The summed E-state index contributed by atoms with van der Waals surface area (Å²) in [6, 6.07) is 4.76. The fourth-order valence-electron chi connectivity index (χ4n) is 2.37. The number of morpholine rings is 1. The molecule has 0 saturated carbocycles. The molecule has 1 aromatic rings. The first-order valence-electron chi connectivity index (χ1n) is 7.71. The van der Waals surface area contributed by atoms with Gasteiger partial charge in [0, 0.05) is 45.5 Å². The summed E-state index contributed by atoms with van der Waals surface area (Å²) in [5.74, 6) is -0.793. The van der Waals surface area contributed by atoms with Crippen molar-refractivity contribution >= 4 is 5.78 Å². The molecule has 0 bridgehead atoms. The van der Waals surface area contributed by atoms with Crippen LogP contribution in [0.5, 0.6) is 0 Å². The van der Waals surface area contributed by atoms with Crippen LogP contribution in [-0.4, -0.2) is 56.1 Å². The lowest BCUT2D eigenvalue weighted by Crippen LogP contribution is -2.35. The summed E-state index contributed by atoms with van der Waals surface area (Å²) in [4.78, 5) is 14.7. The van der Waals surface area contributed by atoms with Crippen LogP contribution < -0.4 is 5.43 Å². The number of hydrogen-bond acceptors (Lipinski definition) is 5. The van der Waals surface area contributed by atoms with Crippen molar-refractivity contribution in [1.82, 2.24) is 15.3 Å². The Bertz CT molecular complexity index is 581. The van der Waals surface area contributed by atoms with Crippen LogP contribution in [0.1, 0.15) is 22.8 Å². The van der Waals surface area contributed by atoms with E-state index in [4.69, 9.17) is 4.74 Å². The molecule has 1 saturated heterocycles. The van der Waals surface area contributed by atoms with E-state index in [2.05, 4.69) is 10.3 Å². The number of ketones is 1. The van der Waals surface area contributed by atoms with Gasteiger partial charge in [-0.15, -0.1) is 0 Å². The van der Waals surface area contributed by atoms with Crippen LogP contribution in [0.4, 0.5) is 4.39 Å². The molecular weight excluding hydrogens is 297 g/mol. The first-order valence-corrected chi connectivity index (χ1v) is 7.71. The largest absolute Gasteiger partial charge is 0.379 e. The second kappa shape index (κ2) is 8.19. The molecule has 1 aliphatic rings. The van der Waals surface area contributed by atoms with Crippen molar-refractivity contribution in [2.45, 2.75) is 13.5 Å². The minimum atomic E-state index is -0.488. The van der Waals surface area contributed by atoms with Gasteiger partial charge in [-0.2, -0.15) is 0 Å². The summed E-state index contributed by atoms with van der Waals surface area (Å²) >= 11 is 0. The van der Waals surface area contributed by atoms with Crippen molar-refractivity contribution < 1.29 is 13.9 Å². The summed E-state index contributed by atoms with van der Waals surface area (Å²) in [7, 11) is 3.63. The highest BCUT2D eigenvalue weighted by atomic mass is 19.1. The first kappa shape index (κ1) is 17.6. The van der Waals surface area contributed by atoms with E-state index < -0.39 is 5.82 Å². The molecular formula is C17H24FN3O2. The van der Waals surface area contributed by atoms with Crippen LogP contribution in [-0.2, 0) is 11.3 Å². The van der Waals surface area contributed by atoms with Crippen LogP contribution in [0.3, 0.4) is 0 Å². The van der Waals surface area contributed by atoms with Crippen molar-refractivity contribution in [3.63, 3.8) is 0 Å². The lowest BCUT2D eigenvalue weighted by Gasteiger charge is -2.26. The average Bonchev–Trinajstić information content (AvgIpc) is 2.54. The number of rotatable bonds is 6. The van der Waals surface area contributed by atoms with Gasteiger partial charge in [-0.05, 0) is 24.6 Å². The fraction of sp³-hybridized carbons (Fsp3) is 0.471. The van der Waals surface area contributed by atoms with Gasteiger partial charge < -0.3 is 10.2 Å². The summed E-state index contributed by atoms with van der Waals surface area (Å²) in [5, 5.41) is 1.71. The fourth-order valence-corrected chi connectivity index (χ4v) is 2.37. The Kier molecular flexibility index (Phi) is 6.27. The van der Waals surface area contributed by atoms with Crippen molar-refractivity contribution in [3.05, 3.63) is 46.9 Å². The molecule has 1 aromatic carbocycles. The Morgan fingerprint density at radius 1 is 1.39 bits per heavy atom. The van der Waals surface area contributed by atoms with Crippen molar-refractivity contribution in [2.24, 2.45) is 0 Å². The minimum Gasteiger partial charge on any atom is -0.379 e. The molecule has 0 radical (unpaired) electrons. The average molecular weight is 321 g/mol. The standard InChI is InChI=1S/C17H24FN3O2/c1-13(11-19-20(2)3)17(22)15-10-14(4-5-16(15)18)12-21-6-8-23-9-7-21/h4-5,10-11,19H,6-9,12H2,1-3H3/b13-11+. The number of allylic oxidation sites excluding steroid dienone is 1. The van der Waals surface area contributed by atoms with Gasteiger partial charge in [0.15, 0.2) is 5.78 Å². The molecule has 5 nitrogen and oxygen atoms in total. The normalized spacial score (nSPS) is 16.7. The number of benzene rings is 1. The smallest absolute Gasteiger partial charge is 0.193 e. The predicted octanol–water partition coefficient (Wildman–Crippen LogP) is 1.81. The number of hydrogen-bond donors (Lipinski definition) is 1. The first-order chi connectivity index (χ1) is 11.0. The van der Waals surface area contributed by atoms with Gasteiger partial charge in [-0.25, -0.2) is 9.40 Å². The van der Waals surface area contributed by atoms with Crippen molar-refractivity contribution in [2.75, 3.05) is 40.4 Å². The molecule has 1 fully saturated rings. The number of carbonyl (C=O) groups excluding carboxylic acids is 1. The molecule has 0 atom stereocenters. The monoisotopic (exact) mass is 321 g/mol. The van der Waals surface area contributed by atoms with Crippen LogP contribution in [0.25, 0.3) is 0 Å². The molecule has 0 aliphatic carbocycles. The van der Waals surface area contributed by atoms with Crippen LogP contribution in [0, 0.1) is 5.82 Å². The third-order valence-corrected chi connectivity index (χ3v) is 3.68. The number of nitrogens with one attached hydrogen (secondary N) is 1. The zero-order valence-corrected chi connectivity index (χ0v) is 13.9.